The summed E-state index contributed by atoms with van der Waals surface area (Å²) in [6.45, 7) is 3.42. The molecule has 0 unspecified atom stereocenters. The number of piperidine rings is 2. The van der Waals surface area contributed by atoms with Crippen molar-refractivity contribution in [1.82, 2.24) is 14.5 Å². The van der Waals surface area contributed by atoms with E-state index in [2.05, 4.69) is 26.7 Å². The highest BCUT2D eigenvalue weighted by atomic mass is 35.5. The minimum absolute atomic E-state index is 0.250. The van der Waals surface area contributed by atoms with Crippen LogP contribution in [0.3, 0.4) is 0 Å². The van der Waals surface area contributed by atoms with E-state index < -0.39 is 0 Å². The zero-order valence-corrected chi connectivity index (χ0v) is 15.7. The molecule has 2 aliphatic rings. The van der Waals surface area contributed by atoms with Crippen LogP contribution < -0.4 is 0 Å². The highest BCUT2D eigenvalue weighted by Crippen LogP contribution is 2.33. The number of halogens is 1. The van der Waals surface area contributed by atoms with Gasteiger partial charge in [-0.05, 0) is 56.8 Å². The molecule has 3 heterocycles. The van der Waals surface area contributed by atoms with E-state index in [1.54, 1.807) is 0 Å². The number of carbonyl (C=O) groups is 1. The van der Waals surface area contributed by atoms with Gasteiger partial charge in [0.15, 0.2) is 0 Å². The molecule has 26 heavy (non-hydrogen) atoms. The molecular formula is C20H26ClN3O2. The topological polar surface area (TPSA) is 58.4 Å². The highest BCUT2D eigenvalue weighted by Gasteiger charge is 2.33. The first-order valence-corrected chi connectivity index (χ1v) is 9.69. The number of fused-ring (bicyclic) bond motifs is 1. The minimum atomic E-state index is -0.250. The summed E-state index contributed by atoms with van der Waals surface area (Å²) < 4.78 is 2.33. The molecule has 4 rings (SSSR count). The summed E-state index contributed by atoms with van der Waals surface area (Å²) in [7, 11) is 0. The lowest BCUT2D eigenvalue weighted by atomic mass is 9.83. The Balaban J connectivity index is 0.000000613. The molecule has 1 aromatic heterocycles. The van der Waals surface area contributed by atoms with Crippen molar-refractivity contribution in [1.29, 1.82) is 0 Å². The Labute approximate surface area is 159 Å². The third-order valence-corrected chi connectivity index (χ3v) is 5.69. The molecular weight excluding hydrogens is 350 g/mol. The fourth-order valence-corrected chi connectivity index (χ4v) is 4.58. The average molecular weight is 376 g/mol. The van der Waals surface area contributed by atoms with Crippen molar-refractivity contribution in [3.8, 4) is 11.4 Å². The van der Waals surface area contributed by atoms with Crippen molar-refractivity contribution < 1.29 is 9.90 Å². The second-order valence-corrected chi connectivity index (χ2v) is 7.46. The Kier molecular flexibility index (Phi) is 6.69. The van der Waals surface area contributed by atoms with Crippen LogP contribution in [0, 0.1) is 5.92 Å². The number of aromatic nitrogens is 2. The Morgan fingerprint density at radius 1 is 1.23 bits per heavy atom. The summed E-state index contributed by atoms with van der Waals surface area (Å²) in [6, 6.07) is 8.79. The fourth-order valence-electron chi connectivity index (χ4n) is 4.39. The quantitative estimate of drug-likeness (QED) is 0.818. The van der Waals surface area contributed by atoms with Crippen molar-refractivity contribution in [3.05, 3.63) is 41.7 Å². The van der Waals surface area contributed by atoms with E-state index in [0.717, 1.165) is 34.9 Å². The molecule has 6 heteroatoms. The molecule has 1 aromatic carbocycles. The van der Waals surface area contributed by atoms with Crippen molar-refractivity contribution in [2.24, 2.45) is 5.92 Å². The molecule has 2 aromatic rings. The van der Waals surface area contributed by atoms with Crippen LogP contribution in [0.1, 0.15) is 32.1 Å². The van der Waals surface area contributed by atoms with Gasteiger partial charge in [0.2, 0.25) is 0 Å². The average Bonchev–Trinajstić information content (AvgIpc) is 3.11. The van der Waals surface area contributed by atoms with Crippen LogP contribution in [-0.4, -0.2) is 45.2 Å². The lowest BCUT2D eigenvalue weighted by Gasteiger charge is -2.44. The summed E-state index contributed by atoms with van der Waals surface area (Å²) in [6.07, 6.45) is 10.9. The third kappa shape index (κ3) is 4.46. The second-order valence-electron chi connectivity index (χ2n) is 7.02. The van der Waals surface area contributed by atoms with Crippen LogP contribution in [-0.2, 0) is 11.3 Å². The van der Waals surface area contributed by atoms with Gasteiger partial charge in [-0.3, -0.25) is 4.79 Å². The van der Waals surface area contributed by atoms with Gasteiger partial charge in [0.1, 0.15) is 5.82 Å². The first kappa shape index (κ1) is 18.9. The van der Waals surface area contributed by atoms with E-state index in [0.29, 0.717) is 0 Å². The molecule has 5 nitrogen and oxygen atoms in total. The van der Waals surface area contributed by atoms with Gasteiger partial charge < -0.3 is 14.6 Å². The third-order valence-electron chi connectivity index (χ3n) is 5.46. The first-order valence-electron chi connectivity index (χ1n) is 9.32. The summed E-state index contributed by atoms with van der Waals surface area (Å²) in [5.74, 6) is 1.79. The number of rotatable bonds is 3. The van der Waals surface area contributed by atoms with E-state index in [-0.39, 0.29) is 6.47 Å². The molecule has 0 radical (unpaired) electrons. The highest BCUT2D eigenvalue weighted by molar-refractivity contribution is 6.30. The summed E-state index contributed by atoms with van der Waals surface area (Å²) in [5, 5.41) is 7.66. The molecule has 2 aliphatic heterocycles. The van der Waals surface area contributed by atoms with Gasteiger partial charge in [0.05, 0.1) is 0 Å². The number of benzene rings is 1. The minimum Gasteiger partial charge on any atom is -0.483 e. The predicted octanol–water partition coefficient (Wildman–Crippen LogP) is 4.17. The van der Waals surface area contributed by atoms with Crippen molar-refractivity contribution in [2.75, 3.05) is 13.1 Å². The Morgan fingerprint density at radius 2 is 2.04 bits per heavy atom. The standard InChI is InChI=1S/C19H24ClN3.CH2O2/c20-17-7-3-5-15(13-17)19-21-9-12-23(19)14-16-6-4-11-22-10-2-1-8-18(16)22;2-1-3/h3,5,7,9,12-13,16,18H,1-2,4,6,8,10-11,14H2;1H,(H,2,3)/t16-,18+;/m0./s1. The molecule has 0 amide bonds. The van der Waals surface area contributed by atoms with Crippen LogP contribution >= 0.6 is 11.6 Å². The van der Waals surface area contributed by atoms with Crippen LogP contribution in [0.5, 0.6) is 0 Å². The Hall–Kier alpha value is -1.85. The number of hydrogen-bond acceptors (Lipinski definition) is 3. The van der Waals surface area contributed by atoms with E-state index in [4.69, 9.17) is 21.5 Å². The van der Waals surface area contributed by atoms with Crippen molar-refractivity contribution in [2.45, 2.75) is 44.7 Å². The van der Waals surface area contributed by atoms with Gasteiger partial charge in [-0.1, -0.05) is 30.2 Å². The van der Waals surface area contributed by atoms with E-state index in [1.807, 2.05) is 24.4 Å². The van der Waals surface area contributed by atoms with Crippen LogP contribution in [0.2, 0.25) is 5.02 Å². The van der Waals surface area contributed by atoms with E-state index in [9.17, 15) is 0 Å². The lowest BCUT2D eigenvalue weighted by Crippen LogP contribution is -2.49. The maximum absolute atomic E-state index is 8.36. The van der Waals surface area contributed by atoms with Gasteiger partial charge >= 0.3 is 0 Å². The lowest BCUT2D eigenvalue weighted by molar-refractivity contribution is -0.122. The van der Waals surface area contributed by atoms with Gasteiger partial charge in [0, 0.05) is 35.6 Å². The van der Waals surface area contributed by atoms with Gasteiger partial charge in [-0.2, -0.15) is 0 Å². The maximum Gasteiger partial charge on any atom is 0.290 e. The summed E-state index contributed by atoms with van der Waals surface area (Å²) in [5.41, 5.74) is 1.11. The SMILES string of the molecule is Clc1cccc(-c2nccn2C[C@@H]2CCCN3CCCC[C@H]23)c1.O=CO. The fraction of sp³-hybridized carbons (Fsp3) is 0.500. The van der Waals surface area contributed by atoms with Crippen LogP contribution in [0.25, 0.3) is 11.4 Å². The maximum atomic E-state index is 8.36. The molecule has 140 valence electrons. The van der Waals surface area contributed by atoms with Gasteiger partial charge in [0.25, 0.3) is 6.47 Å². The van der Waals surface area contributed by atoms with Gasteiger partial charge in [-0.25, -0.2) is 4.98 Å². The largest absolute Gasteiger partial charge is 0.483 e. The predicted molar refractivity (Wildman–Crippen MR) is 103 cm³/mol. The number of hydrogen-bond donors (Lipinski definition) is 1. The van der Waals surface area contributed by atoms with E-state index in [1.165, 1.54) is 45.2 Å². The second kappa shape index (κ2) is 9.19. The zero-order valence-electron chi connectivity index (χ0n) is 14.9. The smallest absolute Gasteiger partial charge is 0.290 e. The molecule has 0 spiro atoms. The molecule has 0 aliphatic carbocycles. The first-order chi connectivity index (χ1) is 12.7. The van der Waals surface area contributed by atoms with Crippen LogP contribution in [0.4, 0.5) is 0 Å². The number of nitrogens with zero attached hydrogens (tertiary/aromatic N) is 3. The Bertz CT molecular complexity index is 717. The van der Waals surface area contributed by atoms with Gasteiger partial charge in [-0.15, -0.1) is 0 Å². The van der Waals surface area contributed by atoms with E-state index >= 15 is 0 Å². The number of carboxylic acid groups (broad SMARTS) is 1. The number of imidazole rings is 1. The summed E-state index contributed by atoms with van der Waals surface area (Å²) in [4.78, 5) is 15.7. The molecule has 0 saturated carbocycles. The molecule has 2 atom stereocenters. The normalized spacial score (nSPS) is 22.8. The van der Waals surface area contributed by atoms with Crippen molar-refractivity contribution >= 4 is 18.1 Å². The molecule has 2 fully saturated rings. The molecule has 2 saturated heterocycles. The van der Waals surface area contributed by atoms with Crippen LogP contribution in [0.15, 0.2) is 36.7 Å². The monoisotopic (exact) mass is 375 g/mol. The molecule has 1 N–H and O–H groups in total. The van der Waals surface area contributed by atoms with Crippen molar-refractivity contribution in [3.63, 3.8) is 0 Å². The Morgan fingerprint density at radius 3 is 2.85 bits per heavy atom. The zero-order chi connectivity index (χ0) is 18.4. The molecule has 0 bridgehead atoms. The summed E-state index contributed by atoms with van der Waals surface area (Å²) >= 11 is 6.15.